The van der Waals surface area contributed by atoms with E-state index in [0.29, 0.717) is 17.3 Å². The summed E-state index contributed by atoms with van der Waals surface area (Å²) < 4.78 is 28.5. The summed E-state index contributed by atoms with van der Waals surface area (Å²) in [6.07, 6.45) is 13.8. The van der Waals surface area contributed by atoms with Gasteiger partial charge < -0.3 is 5.32 Å². The third-order valence-electron chi connectivity index (χ3n) is 5.90. The molecule has 1 unspecified atom stereocenters. The predicted molar refractivity (Wildman–Crippen MR) is 117 cm³/mol. The normalized spacial score (nSPS) is 20.9. The van der Waals surface area contributed by atoms with E-state index >= 15 is 0 Å². The summed E-state index contributed by atoms with van der Waals surface area (Å²) in [7, 11) is -3.72. The van der Waals surface area contributed by atoms with E-state index < -0.39 is 10.0 Å². The van der Waals surface area contributed by atoms with Crippen molar-refractivity contribution in [2.75, 3.05) is 4.31 Å². The molecule has 1 fully saturated rings. The van der Waals surface area contributed by atoms with Gasteiger partial charge in [0.1, 0.15) is 4.90 Å². The average Bonchev–Trinajstić information content (AvgIpc) is 2.70. The zero-order chi connectivity index (χ0) is 20.3. The summed E-state index contributed by atoms with van der Waals surface area (Å²) in [5.41, 5.74) is 2.12. The van der Waals surface area contributed by atoms with E-state index in [4.69, 9.17) is 0 Å². The summed E-state index contributed by atoms with van der Waals surface area (Å²) in [4.78, 5) is 4.31. The Hall–Kier alpha value is -2.18. The number of rotatable bonds is 4. The number of hydrogen-bond acceptors (Lipinski definition) is 4. The van der Waals surface area contributed by atoms with E-state index in [-0.39, 0.29) is 10.9 Å². The Morgan fingerprint density at radius 3 is 2.45 bits per heavy atom. The highest BCUT2D eigenvalue weighted by molar-refractivity contribution is 7.93. The van der Waals surface area contributed by atoms with Crippen LogP contribution in [0.2, 0.25) is 0 Å². The fourth-order valence-corrected chi connectivity index (χ4v) is 6.10. The SMILES string of the molecule is CC(NC1CCCCCCC1)C1=Cc2ccncc2S(=O)(=O)N1c1ccccc1. The summed E-state index contributed by atoms with van der Waals surface area (Å²) in [6, 6.07) is 11.4. The van der Waals surface area contributed by atoms with Gasteiger partial charge >= 0.3 is 0 Å². The Morgan fingerprint density at radius 2 is 1.72 bits per heavy atom. The molecule has 0 amide bonds. The van der Waals surface area contributed by atoms with Crippen LogP contribution in [-0.4, -0.2) is 25.5 Å². The molecule has 0 saturated heterocycles. The predicted octanol–water partition coefficient (Wildman–Crippen LogP) is 4.72. The van der Waals surface area contributed by atoms with Crippen LogP contribution in [0.25, 0.3) is 6.08 Å². The second-order valence-corrected chi connectivity index (χ2v) is 9.77. The van der Waals surface area contributed by atoms with E-state index in [1.165, 1.54) is 42.6 Å². The van der Waals surface area contributed by atoms with Crippen LogP contribution < -0.4 is 9.62 Å². The largest absolute Gasteiger partial charge is 0.306 e. The molecule has 2 aliphatic rings. The molecule has 4 rings (SSSR count). The van der Waals surface area contributed by atoms with Crippen molar-refractivity contribution >= 4 is 21.8 Å². The van der Waals surface area contributed by atoms with Crippen LogP contribution in [0, 0.1) is 0 Å². The van der Waals surface area contributed by atoms with Crippen molar-refractivity contribution in [3.63, 3.8) is 0 Å². The van der Waals surface area contributed by atoms with Gasteiger partial charge in [0.25, 0.3) is 10.0 Å². The van der Waals surface area contributed by atoms with Crippen molar-refractivity contribution in [2.24, 2.45) is 0 Å². The van der Waals surface area contributed by atoms with Crippen LogP contribution in [-0.2, 0) is 10.0 Å². The maximum Gasteiger partial charge on any atom is 0.270 e. The molecule has 1 aromatic carbocycles. The maximum absolute atomic E-state index is 13.5. The number of hydrogen-bond donors (Lipinski definition) is 1. The Bertz CT molecular complexity index is 965. The van der Waals surface area contributed by atoms with Gasteiger partial charge in [-0.25, -0.2) is 12.7 Å². The van der Waals surface area contributed by atoms with Crippen LogP contribution in [0.3, 0.4) is 0 Å². The highest BCUT2D eigenvalue weighted by atomic mass is 32.2. The van der Waals surface area contributed by atoms with Crippen LogP contribution in [0.5, 0.6) is 0 Å². The monoisotopic (exact) mass is 411 g/mol. The molecule has 6 heteroatoms. The van der Waals surface area contributed by atoms with Crippen molar-refractivity contribution in [3.8, 4) is 0 Å². The lowest BCUT2D eigenvalue weighted by molar-refractivity contribution is 0.373. The Labute approximate surface area is 173 Å². The number of nitrogens with one attached hydrogen (secondary N) is 1. The van der Waals surface area contributed by atoms with E-state index in [9.17, 15) is 8.42 Å². The van der Waals surface area contributed by atoms with Crippen LogP contribution in [0.1, 0.15) is 57.4 Å². The number of para-hydroxylation sites is 1. The Morgan fingerprint density at radius 1 is 1.03 bits per heavy atom. The van der Waals surface area contributed by atoms with Gasteiger partial charge in [-0.15, -0.1) is 0 Å². The quantitative estimate of drug-likeness (QED) is 0.791. The third-order valence-corrected chi connectivity index (χ3v) is 7.70. The number of nitrogens with zero attached hydrogens (tertiary/aromatic N) is 2. The van der Waals surface area contributed by atoms with Crippen LogP contribution in [0.4, 0.5) is 5.69 Å². The molecule has 0 spiro atoms. The number of aromatic nitrogens is 1. The van der Waals surface area contributed by atoms with Crippen LogP contribution >= 0.6 is 0 Å². The minimum Gasteiger partial charge on any atom is -0.306 e. The first kappa shape index (κ1) is 20.1. The van der Waals surface area contributed by atoms with Gasteiger partial charge in [-0.2, -0.15) is 0 Å². The highest BCUT2D eigenvalue weighted by Gasteiger charge is 2.36. The maximum atomic E-state index is 13.5. The molecule has 1 aromatic heterocycles. The molecule has 1 aliphatic heterocycles. The number of fused-ring (bicyclic) bond motifs is 1. The first-order valence-electron chi connectivity index (χ1n) is 10.6. The molecule has 1 atom stereocenters. The molecule has 1 aliphatic carbocycles. The Kier molecular flexibility index (Phi) is 6.01. The van der Waals surface area contributed by atoms with Gasteiger partial charge in [-0.05, 0) is 49.6 Å². The minimum absolute atomic E-state index is 0.0873. The standard InChI is InChI=1S/C23H29N3O2S/c1-18(25-20-10-6-3-2-4-7-11-20)22-16-19-14-15-24-17-23(19)29(27,28)26(22)21-12-8-5-9-13-21/h5,8-9,12-18,20,25H,2-4,6-7,10-11H2,1H3. The Balaban J connectivity index is 1.71. The molecular formula is C23H29N3O2S. The van der Waals surface area contributed by atoms with Crippen molar-refractivity contribution in [1.82, 2.24) is 10.3 Å². The van der Waals surface area contributed by atoms with Crippen molar-refractivity contribution in [1.29, 1.82) is 0 Å². The zero-order valence-corrected chi connectivity index (χ0v) is 17.7. The van der Waals surface area contributed by atoms with E-state index in [1.807, 2.05) is 36.4 Å². The molecule has 1 N–H and O–H groups in total. The second-order valence-electron chi connectivity index (χ2n) is 8.02. The highest BCUT2D eigenvalue weighted by Crippen LogP contribution is 2.36. The lowest BCUT2D eigenvalue weighted by Crippen LogP contribution is -2.45. The zero-order valence-electron chi connectivity index (χ0n) is 16.9. The second kappa shape index (κ2) is 8.67. The number of anilines is 1. The molecule has 5 nitrogen and oxygen atoms in total. The minimum atomic E-state index is -3.72. The molecular weight excluding hydrogens is 382 g/mol. The first-order chi connectivity index (χ1) is 14.1. The molecule has 154 valence electrons. The molecule has 0 radical (unpaired) electrons. The molecule has 2 heterocycles. The fourth-order valence-electron chi connectivity index (χ4n) is 4.39. The third kappa shape index (κ3) is 4.23. The van der Waals surface area contributed by atoms with E-state index in [2.05, 4.69) is 17.2 Å². The number of pyridine rings is 1. The smallest absolute Gasteiger partial charge is 0.270 e. The van der Waals surface area contributed by atoms with E-state index in [0.717, 1.165) is 18.5 Å². The fraction of sp³-hybridized carbons (Fsp3) is 0.435. The van der Waals surface area contributed by atoms with Crippen molar-refractivity contribution in [2.45, 2.75) is 68.8 Å². The van der Waals surface area contributed by atoms with Gasteiger partial charge in [0.2, 0.25) is 0 Å². The first-order valence-corrected chi connectivity index (χ1v) is 12.0. The lowest BCUT2D eigenvalue weighted by Gasteiger charge is -2.36. The summed E-state index contributed by atoms with van der Waals surface area (Å²) in [5, 5.41) is 3.73. The lowest BCUT2D eigenvalue weighted by atomic mass is 9.96. The molecule has 29 heavy (non-hydrogen) atoms. The van der Waals surface area contributed by atoms with Gasteiger partial charge in [0.05, 0.1) is 11.4 Å². The van der Waals surface area contributed by atoms with E-state index in [1.54, 1.807) is 12.3 Å². The average molecular weight is 412 g/mol. The van der Waals surface area contributed by atoms with Crippen molar-refractivity contribution in [3.05, 3.63) is 60.1 Å². The molecule has 2 aromatic rings. The number of sulfonamides is 1. The van der Waals surface area contributed by atoms with Crippen molar-refractivity contribution < 1.29 is 8.42 Å². The van der Waals surface area contributed by atoms with Gasteiger partial charge in [0, 0.05) is 24.5 Å². The van der Waals surface area contributed by atoms with Gasteiger partial charge in [0.15, 0.2) is 0 Å². The number of benzene rings is 1. The molecule has 0 bridgehead atoms. The summed E-state index contributed by atoms with van der Waals surface area (Å²) in [6.45, 7) is 2.07. The molecule has 1 saturated carbocycles. The van der Waals surface area contributed by atoms with Crippen LogP contribution in [0.15, 0.2) is 59.4 Å². The summed E-state index contributed by atoms with van der Waals surface area (Å²) >= 11 is 0. The van der Waals surface area contributed by atoms with Gasteiger partial charge in [-0.3, -0.25) is 4.98 Å². The van der Waals surface area contributed by atoms with Gasteiger partial charge in [-0.1, -0.05) is 50.3 Å². The summed E-state index contributed by atoms with van der Waals surface area (Å²) in [5.74, 6) is 0. The topological polar surface area (TPSA) is 62.3 Å².